The Balaban J connectivity index is 1.82. The molecule has 2 rings (SSSR count). The van der Waals surface area contributed by atoms with Gasteiger partial charge in [-0.3, -0.25) is 9.59 Å². The molecule has 2 fully saturated rings. The van der Waals surface area contributed by atoms with E-state index in [2.05, 4.69) is 13.2 Å². The van der Waals surface area contributed by atoms with Crippen LogP contribution >= 0.6 is 0 Å². The molecule has 0 bridgehead atoms. The van der Waals surface area contributed by atoms with Gasteiger partial charge < -0.3 is 39.1 Å². The van der Waals surface area contributed by atoms with Gasteiger partial charge in [0.15, 0.2) is 12.6 Å². The Hall–Kier alpha value is -2.24. The van der Waals surface area contributed by atoms with Crippen molar-refractivity contribution < 1.29 is 64.4 Å². The molecule has 10 nitrogen and oxygen atoms in total. The third-order valence-electron chi connectivity index (χ3n) is 6.45. The molecule has 242 valence electrons. The lowest BCUT2D eigenvalue weighted by Gasteiger charge is -2.40. The van der Waals surface area contributed by atoms with Crippen molar-refractivity contribution in [2.24, 2.45) is 0 Å². The van der Waals surface area contributed by atoms with Gasteiger partial charge in [0, 0.05) is 26.1 Å². The number of carbonyl (C=O) groups is 2. The van der Waals surface area contributed by atoms with Gasteiger partial charge in [-0.2, -0.15) is 26.3 Å². The van der Waals surface area contributed by atoms with E-state index >= 15 is 0 Å². The Morgan fingerprint density at radius 3 is 1.40 bits per heavy atom. The predicted molar refractivity (Wildman–Crippen MR) is 135 cm³/mol. The van der Waals surface area contributed by atoms with E-state index in [4.69, 9.17) is 28.4 Å². The molecule has 8 atom stereocenters. The lowest BCUT2D eigenvalue weighted by molar-refractivity contribution is -0.238. The average Bonchev–Trinajstić information content (AvgIpc) is 2.88. The number of unbranched alkanes of at least 4 members (excludes halogenated alkanes) is 1. The number of nitrogens with one attached hydrogen (secondary N) is 2. The fourth-order valence-corrected chi connectivity index (χ4v) is 4.57. The minimum absolute atomic E-state index is 0.0454. The van der Waals surface area contributed by atoms with Crippen LogP contribution < -0.4 is 10.6 Å². The smallest absolute Gasteiger partial charge is 0.369 e. The lowest BCUT2D eigenvalue weighted by atomic mass is 10.0. The third-order valence-corrected chi connectivity index (χ3v) is 6.45. The van der Waals surface area contributed by atoms with E-state index in [1.807, 2.05) is 10.6 Å². The Kier molecular flexibility index (Phi) is 14.2. The number of halogens is 6. The van der Waals surface area contributed by atoms with Crippen molar-refractivity contribution in [2.45, 2.75) is 101 Å². The van der Waals surface area contributed by atoms with Gasteiger partial charge in [-0.1, -0.05) is 12.2 Å². The summed E-state index contributed by atoms with van der Waals surface area (Å²) in [6.07, 6.45) is -11.5. The number of hydrogen-bond donors (Lipinski definition) is 2. The first kappa shape index (κ1) is 36.0. The van der Waals surface area contributed by atoms with E-state index in [1.165, 1.54) is 12.2 Å². The summed E-state index contributed by atoms with van der Waals surface area (Å²) >= 11 is 0. The van der Waals surface area contributed by atoms with Crippen molar-refractivity contribution in [1.82, 2.24) is 10.6 Å². The zero-order valence-electron chi connectivity index (χ0n) is 23.4. The van der Waals surface area contributed by atoms with Gasteiger partial charge in [-0.05, 0) is 26.7 Å². The first-order valence-electron chi connectivity index (χ1n) is 13.4. The van der Waals surface area contributed by atoms with E-state index in [0.717, 1.165) is 0 Å². The highest BCUT2D eigenvalue weighted by Gasteiger charge is 2.46. The van der Waals surface area contributed by atoms with Crippen molar-refractivity contribution in [2.75, 3.05) is 26.4 Å². The van der Waals surface area contributed by atoms with Crippen molar-refractivity contribution in [3.8, 4) is 0 Å². The summed E-state index contributed by atoms with van der Waals surface area (Å²) < 4.78 is 111. The predicted octanol–water partition coefficient (Wildman–Crippen LogP) is 3.31. The molecule has 16 heteroatoms. The van der Waals surface area contributed by atoms with Crippen LogP contribution in [0.1, 0.15) is 39.5 Å². The lowest BCUT2D eigenvalue weighted by Crippen LogP contribution is -2.58. The number of amides is 2. The van der Waals surface area contributed by atoms with Crippen molar-refractivity contribution >= 4 is 11.8 Å². The molecule has 2 N–H and O–H groups in total. The van der Waals surface area contributed by atoms with Crippen LogP contribution in [0, 0.1) is 0 Å². The summed E-state index contributed by atoms with van der Waals surface area (Å²) in [7, 11) is 0. The summed E-state index contributed by atoms with van der Waals surface area (Å²) in [6, 6.07) is -2.04. The molecule has 0 aromatic heterocycles. The summed E-state index contributed by atoms with van der Waals surface area (Å²) in [4.78, 5) is 23.1. The Labute approximate surface area is 240 Å². The molecule has 2 saturated heterocycles. The molecule has 0 aromatic carbocycles. The van der Waals surface area contributed by atoms with Crippen LogP contribution in [-0.4, -0.2) is 99.7 Å². The number of rotatable bonds is 15. The molecular weight excluding hydrogens is 584 g/mol. The second kappa shape index (κ2) is 16.6. The van der Waals surface area contributed by atoms with E-state index in [0.29, 0.717) is 12.8 Å². The van der Waals surface area contributed by atoms with Gasteiger partial charge in [-0.25, -0.2) is 0 Å². The first-order chi connectivity index (χ1) is 19.7. The van der Waals surface area contributed by atoms with E-state index < -0.39 is 73.2 Å². The Morgan fingerprint density at radius 2 is 1.10 bits per heavy atom. The fourth-order valence-electron chi connectivity index (χ4n) is 4.57. The maximum atomic E-state index is 12.8. The quantitative estimate of drug-likeness (QED) is 0.124. The molecule has 2 aliphatic rings. The first-order valence-corrected chi connectivity index (χ1v) is 13.4. The minimum atomic E-state index is -5.07. The molecule has 0 aromatic rings. The van der Waals surface area contributed by atoms with Crippen molar-refractivity contribution in [3.63, 3.8) is 0 Å². The molecule has 42 heavy (non-hydrogen) atoms. The van der Waals surface area contributed by atoms with Crippen molar-refractivity contribution in [3.05, 3.63) is 25.3 Å². The van der Waals surface area contributed by atoms with Gasteiger partial charge in [0.05, 0.1) is 37.5 Å². The normalized spacial score (nSPS) is 30.4. The molecular formula is C26H38F6N2O8. The van der Waals surface area contributed by atoms with Crippen molar-refractivity contribution in [1.29, 1.82) is 0 Å². The van der Waals surface area contributed by atoms with Gasteiger partial charge in [0.2, 0.25) is 0 Å². The van der Waals surface area contributed by atoms with Gasteiger partial charge >= 0.3 is 24.2 Å². The number of carbonyl (C=O) groups excluding carboxylic acids is 2. The van der Waals surface area contributed by atoms with E-state index in [-0.39, 0.29) is 39.3 Å². The number of ether oxygens (including phenoxy) is 6. The van der Waals surface area contributed by atoms with Gasteiger partial charge in [0.1, 0.15) is 12.2 Å². The highest BCUT2D eigenvalue weighted by Crippen LogP contribution is 2.27. The second-order valence-electron chi connectivity index (χ2n) is 9.79. The zero-order chi connectivity index (χ0) is 31.5. The van der Waals surface area contributed by atoms with Crippen LogP contribution in [0.4, 0.5) is 26.3 Å². The highest BCUT2D eigenvalue weighted by molar-refractivity contribution is 5.82. The second-order valence-corrected chi connectivity index (χ2v) is 9.79. The summed E-state index contributed by atoms with van der Waals surface area (Å²) in [5, 5.41) is 3.89. The fraction of sp³-hybridized carbons (Fsp3) is 0.769. The molecule has 2 amide bonds. The molecule has 0 aliphatic carbocycles. The number of alkyl halides is 6. The van der Waals surface area contributed by atoms with Crippen LogP contribution in [-0.2, 0) is 38.0 Å². The largest absolute Gasteiger partial charge is 0.471 e. The van der Waals surface area contributed by atoms with Crippen LogP contribution in [0.2, 0.25) is 0 Å². The average molecular weight is 623 g/mol. The summed E-state index contributed by atoms with van der Waals surface area (Å²) in [5.74, 6) is -4.19. The maximum absolute atomic E-state index is 12.8. The van der Waals surface area contributed by atoms with Crippen LogP contribution in [0.25, 0.3) is 0 Å². The molecule has 0 saturated carbocycles. The minimum Gasteiger partial charge on any atom is -0.369 e. The molecule has 0 spiro atoms. The third kappa shape index (κ3) is 11.4. The van der Waals surface area contributed by atoms with E-state index in [9.17, 15) is 35.9 Å². The van der Waals surface area contributed by atoms with Gasteiger partial charge in [0.25, 0.3) is 0 Å². The molecule has 2 aliphatic heterocycles. The zero-order valence-corrected chi connectivity index (χ0v) is 23.4. The van der Waals surface area contributed by atoms with Crippen LogP contribution in [0.15, 0.2) is 25.3 Å². The van der Waals surface area contributed by atoms with Gasteiger partial charge in [-0.15, -0.1) is 13.2 Å². The molecule has 0 radical (unpaired) electrons. The Bertz CT molecular complexity index is 820. The molecule has 2 heterocycles. The maximum Gasteiger partial charge on any atom is 0.471 e. The van der Waals surface area contributed by atoms with Crippen LogP contribution in [0.3, 0.4) is 0 Å². The van der Waals surface area contributed by atoms with Crippen LogP contribution in [0.5, 0.6) is 0 Å². The highest BCUT2D eigenvalue weighted by atomic mass is 19.4. The standard InChI is InChI=1S/C26H38F6N2O8/c1-5-9-39-21-15(3)41-19(13-17(21)33-23(35)25(27,28)29)37-11-7-8-12-38-20-14-18(34-24(36)26(30,31)32)22(16(4)42-20)40-10-6-2/h5-6,15-22H,1-2,7-14H2,3-4H3,(H,33,35)(H,34,36)/t15-,16-,17+,18+,19+,20+,21-,22-/m0/s1/i33+1,34+1. The Morgan fingerprint density at radius 1 is 0.738 bits per heavy atom. The summed E-state index contributed by atoms with van der Waals surface area (Å²) in [5.41, 5.74) is 0. The topological polar surface area (TPSA) is 114 Å². The SMILES string of the molecule is C=CCO[C@H]1[C@H](C)O[C@@H](OCCCCO[C@H]2C[C@@H]([15NH]C(=O)C(F)(F)F)[C@@H](OCC=C)[C@H](C)O2)C[C@H]1[15NH]C(=O)C(F)(F)F. The monoisotopic (exact) mass is 622 g/mol. The summed E-state index contributed by atoms with van der Waals surface area (Å²) in [6.45, 7) is 10.6. The number of hydrogen-bond acceptors (Lipinski definition) is 8. The molecule has 0 unspecified atom stereocenters. The van der Waals surface area contributed by atoms with E-state index in [1.54, 1.807) is 13.8 Å².